The van der Waals surface area contributed by atoms with Gasteiger partial charge in [-0.2, -0.15) is 0 Å². The number of urea groups is 1. The highest BCUT2D eigenvalue weighted by atomic mass is 16.2. The Bertz CT molecular complexity index is 463. The van der Waals surface area contributed by atoms with E-state index in [1.165, 1.54) is 0 Å². The molecule has 2 rings (SSSR count). The van der Waals surface area contributed by atoms with Crippen molar-refractivity contribution in [2.45, 2.75) is 0 Å². The van der Waals surface area contributed by atoms with Crippen LogP contribution in [-0.2, 0) is 0 Å². The molecule has 0 aliphatic carbocycles. The summed E-state index contributed by atoms with van der Waals surface area (Å²) in [5.41, 5.74) is 11.7. The molecule has 1 aromatic carbocycles. The number of fused-ring (bicyclic) bond motifs is 1. The molecule has 5 N–H and O–H groups in total. The van der Waals surface area contributed by atoms with Gasteiger partial charge in [-0.05, 0) is 24.3 Å². The number of hydrazine groups is 1. The summed E-state index contributed by atoms with van der Waals surface area (Å²) in [4.78, 5) is 13.5. The quantitative estimate of drug-likeness (QED) is 0.536. The van der Waals surface area contributed by atoms with Gasteiger partial charge >= 0.3 is 6.03 Å². The van der Waals surface area contributed by atoms with Crippen LogP contribution in [0.4, 0.5) is 10.5 Å². The number of carbonyl (C=O) groups is 1. The Labute approximate surface area is 80.3 Å². The number of aromatic amines is 1. The minimum atomic E-state index is -0.612. The van der Waals surface area contributed by atoms with E-state index in [9.17, 15) is 4.79 Å². The Hall–Kier alpha value is -2.17. The van der Waals surface area contributed by atoms with E-state index >= 15 is 0 Å². The van der Waals surface area contributed by atoms with Crippen LogP contribution in [0.25, 0.3) is 10.9 Å². The maximum atomic E-state index is 10.4. The minimum absolute atomic E-state index is 0.612. The fourth-order valence-corrected chi connectivity index (χ4v) is 1.26. The fourth-order valence-electron chi connectivity index (χ4n) is 1.26. The maximum absolute atomic E-state index is 10.4. The van der Waals surface area contributed by atoms with E-state index in [1.54, 1.807) is 0 Å². The standard InChI is InChI=1S/C9H10N4O/c10-9(14)13-12-7-1-2-8-6(5-7)3-4-11-8/h1-5,11-12H,(H3,10,13,14). The van der Waals surface area contributed by atoms with Gasteiger partial charge in [-0.15, -0.1) is 0 Å². The van der Waals surface area contributed by atoms with Gasteiger partial charge in [0.2, 0.25) is 0 Å². The largest absolute Gasteiger partial charge is 0.361 e. The molecule has 1 heterocycles. The van der Waals surface area contributed by atoms with Crippen molar-refractivity contribution in [2.75, 3.05) is 5.43 Å². The summed E-state index contributed by atoms with van der Waals surface area (Å²) in [6.45, 7) is 0. The Morgan fingerprint density at radius 1 is 1.36 bits per heavy atom. The Kier molecular flexibility index (Phi) is 1.98. The van der Waals surface area contributed by atoms with Crippen LogP contribution >= 0.6 is 0 Å². The van der Waals surface area contributed by atoms with Crippen molar-refractivity contribution in [3.05, 3.63) is 30.5 Å². The zero-order valence-corrected chi connectivity index (χ0v) is 7.37. The highest BCUT2D eigenvalue weighted by molar-refractivity contribution is 5.83. The van der Waals surface area contributed by atoms with E-state index < -0.39 is 6.03 Å². The van der Waals surface area contributed by atoms with Gasteiger partial charge in [-0.25, -0.2) is 4.79 Å². The van der Waals surface area contributed by atoms with E-state index in [0.717, 1.165) is 16.6 Å². The molecular formula is C9H10N4O. The van der Waals surface area contributed by atoms with Gasteiger partial charge < -0.3 is 10.7 Å². The number of benzene rings is 1. The molecule has 0 bridgehead atoms. The molecule has 1 aromatic heterocycles. The highest BCUT2D eigenvalue weighted by Gasteiger charge is 1.96. The number of amides is 2. The van der Waals surface area contributed by atoms with Crippen molar-refractivity contribution in [2.24, 2.45) is 5.73 Å². The summed E-state index contributed by atoms with van der Waals surface area (Å²) < 4.78 is 0. The lowest BCUT2D eigenvalue weighted by atomic mass is 10.2. The number of nitrogens with two attached hydrogens (primary N) is 1. The molecule has 0 aliphatic rings. The van der Waals surface area contributed by atoms with Gasteiger partial charge in [0.15, 0.2) is 0 Å². The van der Waals surface area contributed by atoms with Crippen LogP contribution < -0.4 is 16.6 Å². The van der Waals surface area contributed by atoms with Crippen LogP contribution in [-0.4, -0.2) is 11.0 Å². The average molecular weight is 190 g/mol. The second-order valence-corrected chi connectivity index (χ2v) is 2.89. The molecule has 14 heavy (non-hydrogen) atoms. The first-order valence-electron chi connectivity index (χ1n) is 4.14. The minimum Gasteiger partial charge on any atom is -0.361 e. The topological polar surface area (TPSA) is 82.9 Å². The average Bonchev–Trinajstić information content (AvgIpc) is 2.61. The first-order valence-corrected chi connectivity index (χ1v) is 4.14. The van der Waals surface area contributed by atoms with E-state index in [-0.39, 0.29) is 0 Å². The van der Waals surface area contributed by atoms with Crippen molar-refractivity contribution >= 4 is 22.6 Å². The number of primary amides is 1. The first-order chi connectivity index (χ1) is 6.75. The summed E-state index contributed by atoms with van der Waals surface area (Å²) >= 11 is 0. The molecule has 72 valence electrons. The number of aromatic nitrogens is 1. The van der Waals surface area contributed by atoms with Crippen molar-refractivity contribution in [1.82, 2.24) is 10.4 Å². The van der Waals surface area contributed by atoms with E-state index in [1.807, 2.05) is 30.5 Å². The molecule has 0 unspecified atom stereocenters. The third kappa shape index (κ3) is 1.61. The highest BCUT2D eigenvalue weighted by Crippen LogP contribution is 2.16. The predicted molar refractivity (Wildman–Crippen MR) is 54.6 cm³/mol. The number of H-pyrrole nitrogens is 1. The second-order valence-electron chi connectivity index (χ2n) is 2.89. The van der Waals surface area contributed by atoms with Crippen LogP contribution in [0.3, 0.4) is 0 Å². The molecule has 0 spiro atoms. The van der Waals surface area contributed by atoms with Crippen LogP contribution in [0.15, 0.2) is 30.5 Å². The molecule has 2 aromatic rings. The van der Waals surface area contributed by atoms with Crippen molar-refractivity contribution in [3.63, 3.8) is 0 Å². The smallest absolute Gasteiger partial charge is 0.330 e. The van der Waals surface area contributed by atoms with Crippen molar-refractivity contribution in [3.8, 4) is 0 Å². The molecule has 0 saturated carbocycles. The molecule has 0 fully saturated rings. The van der Waals surface area contributed by atoms with Gasteiger partial charge in [0, 0.05) is 17.1 Å². The third-order valence-corrected chi connectivity index (χ3v) is 1.88. The predicted octanol–water partition coefficient (Wildman–Crippen LogP) is 1.16. The number of anilines is 1. The van der Waals surface area contributed by atoms with E-state index in [4.69, 9.17) is 5.73 Å². The Balaban J connectivity index is 2.21. The van der Waals surface area contributed by atoms with Gasteiger partial charge in [0.1, 0.15) is 0 Å². The zero-order chi connectivity index (χ0) is 9.97. The van der Waals surface area contributed by atoms with E-state index in [0.29, 0.717) is 0 Å². The normalized spacial score (nSPS) is 10.0. The SMILES string of the molecule is NC(=O)NNc1ccc2[nH]ccc2c1. The molecular weight excluding hydrogens is 180 g/mol. The summed E-state index contributed by atoms with van der Waals surface area (Å²) in [7, 11) is 0. The first kappa shape index (κ1) is 8.43. The lowest BCUT2D eigenvalue weighted by Gasteiger charge is -2.05. The number of carbonyl (C=O) groups excluding carboxylic acids is 1. The molecule has 0 saturated heterocycles. The summed E-state index contributed by atoms with van der Waals surface area (Å²) in [6.07, 6.45) is 1.86. The second kappa shape index (κ2) is 3.29. The lowest BCUT2D eigenvalue weighted by molar-refractivity contribution is 0.250. The number of rotatable bonds is 2. The third-order valence-electron chi connectivity index (χ3n) is 1.88. The van der Waals surface area contributed by atoms with Gasteiger partial charge in [0.25, 0.3) is 0 Å². The van der Waals surface area contributed by atoms with Crippen molar-refractivity contribution in [1.29, 1.82) is 0 Å². The van der Waals surface area contributed by atoms with Crippen LogP contribution in [0, 0.1) is 0 Å². The maximum Gasteiger partial charge on any atom is 0.330 e. The molecule has 0 aliphatic heterocycles. The van der Waals surface area contributed by atoms with Crippen LogP contribution in [0.5, 0.6) is 0 Å². The zero-order valence-electron chi connectivity index (χ0n) is 7.37. The fraction of sp³-hybridized carbons (Fsp3) is 0. The number of hydrogen-bond acceptors (Lipinski definition) is 2. The van der Waals surface area contributed by atoms with Crippen LogP contribution in [0.1, 0.15) is 0 Å². The molecule has 5 heteroatoms. The summed E-state index contributed by atoms with van der Waals surface area (Å²) in [5.74, 6) is 0. The number of hydrogen-bond donors (Lipinski definition) is 4. The molecule has 5 nitrogen and oxygen atoms in total. The van der Waals surface area contributed by atoms with E-state index in [2.05, 4.69) is 15.8 Å². The monoisotopic (exact) mass is 190 g/mol. The number of nitrogens with one attached hydrogen (secondary N) is 3. The Morgan fingerprint density at radius 3 is 3.00 bits per heavy atom. The summed E-state index contributed by atoms with van der Waals surface area (Å²) in [6, 6.07) is 7.00. The Morgan fingerprint density at radius 2 is 2.21 bits per heavy atom. The van der Waals surface area contributed by atoms with Gasteiger partial charge in [0.05, 0.1) is 5.69 Å². The summed E-state index contributed by atoms with van der Waals surface area (Å²) in [5, 5.41) is 1.07. The molecule has 0 radical (unpaired) electrons. The van der Waals surface area contributed by atoms with Gasteiger partial charge in [-0.1, -0.05) is 0 Å². The molecule has 2 amide bonds. The van der Waals surface area contributed by atoms with Crippen molar-refractivity contribution < 1.29 is 4.79 Å². The molecule has 0 atom stereocenters. The van der Waals surface area contributed by atoms with Crippen LogP contribution in [0.2, 0.25) is 0 Å². The lowest BCUT2D eigenvalue weighted by Crippen LogP contribution is -2.34. The van der Waals surface area contributed by atoms with Gasteiger partial charge in [-0.3, -0.25) is 10.9 Å².